The van der Waals surface area contributed by atoms with Gasteiger partial charge in [-0.2, -0.15) is 0 Å². The number of nitrogens with zero attached hydrogens (tertiary/aromatic N) is 1. The van der Waals surface area contributed by atoms with E-state index < -0.39 is 0 Å². The summed E-state index contributed by atoms with van der Waals surface area (Å²) in [6, 6.07) is 10.3. The van der Waals surface area contributed by atoms with Crippen LogP contribution in [0.4, 0.5) is 0 Å². The van der Waals surface area contributed by atoms with E-state index in [1.54, 1.807) is 6.92 Å². The summed E-state index contributed by atoms with van der Waals surface area (Å²) in [6.45, 7) is 7.08. The molecular formula is C15H21NO. The third-order valence-corrected chi connectivity index (χ3v) is 4.16. The van der Waals surface area contributed by atoms with Crippen LogP contribution in [0.5, 0.6) is 0 Å². The Morgan fingerprint density at radius 1 is 1.24 bits per heavy atom. The molecule has 1 aliphatic rings. The zero-order valence-electron chi connectivity index (χ0n) is 10.8. The first-order valence-corrected chi connectivity index (χ1v) is 6.48. The van der Waals surface area contributed by atoms with Crippen LogP contribution in [0.2, 0.25) is 0 Å². The number of hydrogen-bond donors (Lipinski definition) is 0. The summed E-state index contributed by atoms with van der Waals surface area (Å²) in [5, 5.41) is 0. The predicted octanol–water partition coefficient (Wildman–Crippen LogP) is 2.63. The maximum absolute atomic E-state index is 12.1. The molecular weight excluding hydrogens is 210 g/mol. The van der Waals surface area contributed by atoms with Crippen LogP contribution in [0, 0.1) is 0 Å². The minimum Gasteiger partial charge on any atom is -0.304 e. The molecule has 0 bridgehead atoms. The maximum Gasteiger partial charge on any atom is 0.140 e. The predicted molar refractivity (Wildman–Crippen MR) is 70.1 cm³/mol. The summed E-state index contributed by atoms with van der Waals surface area (Å²) in [4.78, 5) is 14.5. The highest BCUT2D eigenvalue weighted by Crippen LogP contribution is 2.36. The molecule has 0 N–H and O–H groups in total. The quantitative estimate of drug-likeness (QED) is 0.797. The molecule has 0 spiro atoms. The smallest absolute Gasteiger partial charge is 0.140 e. The molecule has 0 unspecified atom stereocenters. The van der Waals surface area contributed by atoms with E-state index in [0.717, 1.165) is 32.5 Å². The van der Waals surface area contributed by atoms with E-state index in [9.17, 15) is 4.79 Å². The van der Waals surface area contributed by atoms with Crippen molar-refractivity contribution >= 4 is 5.78 Å². The molecule has 1 aromatic rings. The highest BCUT2D eigenvalue weighted by Gasteiger charge is 2.39. The van der Waals surface area contributed by atoms with Crippen molar-refractivity contribution in [2.24, 2.45) is 0 Å². The van der Waals surface area contributed by atoms with E-state index in [-0.39, 0.29) is 5.41 Å². The van der Waals surface area contributed by atoms with Crippen LogP contribution in [0.15, 0.2) is 30.3 Å². The lowest BCUT2D eigenvalue weighted by atomic mass is 9.70. The van der Waals surface area contributed by atoms with Gasteiger partial charge in [0.2, 0.25) is 0 Å². The van der Waals surface area contributed by atoms with E-state index in [1.807, 2.05) is 18.2 Å². The molecule has 1 aliphatic heterocycles. The number of carbonyl (C=O) groups is 1. The van der Waals surface area contributed by atoms with Gasteiger partial charge in [0.1, 0.15) is 5.78 Å². The highest BCUT2D eigenvalue weighted by atomic mass is 16.1. The fraction of sp³-hybridized carbons (Fsp3) is 0.533. The standard InChI is InChI=1S/C15H21NO/c1-3-16-11-9-15(10-12-16,13(2)17)14-7-5-4-6-8-14/h4-8H,3,9-12H2,1-2H3. The van der Waals surface area contributed by atoms with Crippen molar-refractivity contribution < 1.29 is 4.79 Å². The number of rotatable bonds is 3. The molecule has 1 saturated heterocycles. The normalized spacial score (nSPS) is 20.1. The molecule has 0 saturated carbocycles. The summed E-state index contributed by atoms with van der Waals surface area (Å²) < 4.78 is 0. The number of piperidine rings is 1. The van der Waals surface area contributed by atoms with Gasteiger partial charge >= 0.3 is 0 Å². The molecule has 0 amide bonds. The van der Waals surface area contributed by atoms with E-state index in [0.29, 0.717) is 5.78 Å². The van der Waals surface area contributed by atoms with Crippen LogP contribution in [-0.2, 0) is 10.2 Å². The average Bonchev–Trinajstić information content (AvgIpc) is 2.39. The van der Waals surface area contributed by atoms with Gasteiger partial charge in [-0.15, -0.1) is 0 Å². The lowest BCUT2D eigenvalue weighted by Gasteiger charge is -2.40. The van der Waals surface area contributed by atoms with E-state index in [4.69, 9.17) is 0 Å². The summed E-state index contributed by atoms with van der Waals surface area (Å²) >= 11 is 0. The van der Waals surface area contributed by atoms with E-state index >= 15 is 0 Å². The van der Waals surface area contributed by atoms with Gasteiger partial charge in [0, 0.05) is 0 Å². The lowest BCUT2D eigenvalue weighted by molar-refractivity contribution is -0.124. The molecule has 1 fully saturated rings. The highest BCUT2D eigenvalue weighted by molar-refractivity contribution is 5.88. The Labute approximate surface area is 104 Å². The van der Waals surface area contributed by atoms with E-state index in [2.05, 4.69) is 24.0 Å². The Hall–Kier alpha value is -1.15. The van der Waals surface area contributed by atoms with Crippen molar-refractivity contribution in [2.75, 3.05) is 19.6 Å². The van der Waals surface area contributed by atoms with E-state index in [1.165, 1.54) is 5.56 Å². The molecule has 0 atom stereocenters. The first-order chi connectivity index (χ1) is 8.19. The second kappa shape index (κ2) is 5.01. The lowest BCUT2D eigenvalue weighted by Crippen LogP contribution is -2.46. The summed E-state index contributed by atoms with van der Waals surface area (Å²) in [5.41, 5.74) is 0.968. The maximum atomic E-state index is 12.1. The van der Waals surface area contributed by atoms with Gasteiger partial charge in [0.25, 0.3) is 0 Å². The number of likely N-dealkylation sites (tertiary alicyclic amines) is 1. The SMILES string of the molecule is CCN1CCC(C(C)=O)(c2ccccc2)CC1. The first kappa shape index (κ1) is 12.3. The Bertz CT molecular complexity index is 377. The topological polar surface area (TPSA) is 20.3 Å². The molecule has 2 heteroatoms. The van der Waals surface area contributed by atoms with Gasteiger partial charge in [0.15, 0.2) is 0 Å². The van der Waals surface area contributed by atoms with Gasteiger partial charge in [-0.3, -0.25) is 4.79 Å². The number of ketones is 1. The minimum absolute atomic E-state index is 0.229. The number of hydrogen-bond acceptors (Lipinski definition) is 2. The first-order valence-electron chi connectivity index (χ1n) is 6.48. The molecule has 2 nitrogen and oxygen atoms in total. The van der Waals surface area contributed by atoms with Crippen molar-refractivity contribution in [1.29, 1.82) is 0 Å². The molecule has 2 rings (SSSR count). The van der Waals surface area contributed by atoms with Crippen molar-refractivity contribution in [2.45, 2.75) is 32.1 Å². The van der Waals surface area contributed by atoms with Crippen LogP contribution in [0.25, 0.3) is 0 Å². The van der Waals surface area contributed by atoms with Crippen LogP contribution < -0.4 is 0 Å². The molecule has 0 aromatic heterocycles. The Morgan fingerprint density at radius 2 is 1.82 bits per heavy atom. The molecule has 0 aliphatic carbocycles. The zero-order valence-corrected chi connectivity index (χ0v) is 10.8. The second-order valence-corrected chi connectivity index (χ2v) is 4.94. The summed E-state index contributed by atoms with van der Waals surface area (Å²) in [6.07, 6.45) is 1.92. The third-order valence-electron chi connectivity index (χ3n) is 4.16. The molecule has 92 valence electrons. The van der Waals surface area contributed by atoms with Crippen molar-refractivity contribution in [3.8, 4) is 0 Å². The molecule has 1 heterocycles. The van der Waals surface area contributed by atoms with Gasteiger partial charge < -0.3 is 4.90 Å². The van der Waals surface area contributed by atoms with Crippen LogP contribution >= 0.6 is 0 Å². The minimum atomic E-state index is -0.229. The van der Waals surface area contributed by atoms with Gasteiger partial charge in [-0.25, -0.2) is 0 Å². The zero-order chi connectivity index (χ0) is 12.3. The van der Waals surface area contributed by atoms with Crippen LogP contribution in [-0.4, -0.2) is 30.3 Å². The Balaban J connectivity index is 2.27. The van der Waals surface area contributed by atoms with Crippen LogP contribution in [0.1, 0.15) is 32.3 Å². The summed E-state index contributed by atoms with van der Waals surface area (Å²) in [7, 11) is 0. The second-order valence-electron chi connectivity index (χ2n) is 4.94. The monoisotopic (exact) mass is 231 g/mol. The molecule has 17 heavy (non-hydrogen) atoms. The largest absolute Gasteiger partial charge is 0.304 e. The fourth-order valence-corrected chi connectivity index (χ4v) is 2.85. The third kappa shape index (κ3) is 2.27. The average molecular weight is 231 g/mol. The number of carbonyl (C=O) groups excluding carboxylic acids is 1. The fourth-order valence-electron chi connectivity index (χ4n) is 2.85. The van der Waals surface area contributed by atoms with Crippen molar-refractivity contribution in [1.82, 2.24) is 4.90 Å². The molecule has 0 radical (unpaired) electrons. The van der Waals surface area contributed by atoms with Crippen LogP contribution in [0.3, 0.4) is 0 Å². The van der Waals surface area contributed by atoms with Crippen molar-refractivity contribution in [3.63, 3.8) is 0 Å². The number of Topliss-reactive ketones (excluding diaryl/α,β-unsaturated/α-hetero) is 1. The Morgan fingerprint density at radius 3 is 2.29 bits per heavy atom. The van der Waals surface area contributed by atoms with Gasteiger partial charge in [0.05, 0.1) is 5.41 Å². The van der Waals surface area contributed by atoms with Gasteiger partial charge in [-0.05, 0) is 45.0 Å². The number of benzene rings is 1. The van der Waals surface area contributed by atoms with Gasteiger partial charge in [-0.1, -0.05) is 37.3 Å². The van der Waals surface area contributed by atoms with Crippen molar-refractivity contribution in [3.05, 3.63) is 35.9 Å². The summed E-state index contributed by atoms with van der Waals surface area (Å²) in [5.74, 6) is 0.319. The Kier molecular flexibility index (Phi) is 3.63. The molecule has 1 aromatic carbocycles.